The van der Waals surface area contributed by atoms with E-state index in [0.717, 1.165) is 37.9 Å². The summed E-state index contributed by atoms with van der Waals surface area (Å²) in [5, 5.41) is 20.9. The Morgan fingerprint density at radius 2 is 2.15 bits per heavy atom. The molecule has 1 aliphatic carbocycles. The van der Waals surface area contributed by atoms with E-state index in [0.29, 0.717) is 5.16 Å². The lowest BCUT2D eigenvalue weighted by molar-refractivity contribution is -0.120. The van der Waals surface area contributed by atoms with Crippen LogP contribution in [0.25, 0.3) is 0 Å². The van der Waals surface area contributed by atoms with Gasteiger partial charge >= 0.3 is 0 Å². The van der Waals surface area contributed by atoms with Gasteiger partial charge in [0.2, 0.25) is 5.91 Å². The fourth-order valence-corrected chi connectivity index (χ4v) is 3.12. The average molecular weight is 293 g/mol. The lowest BCUT2D eigenvalue weighted by Crippen LogP contribution is -2.49. The van der Waals surface area contributed by atoms with E-state index >= 15 is 0 Å². The van der Waals surface area contributed by atoms with Crippen LogP contribution in [0.5, 0.6) is 0 Å². The zero-order valence-corrected chi connectivity index (χ0v) is 12.7. The Bertz CT molecular complexity index is 527. The number of nitrogens with zero attached hydrogens (tertiary/aromatic N) is 4. The summed E-state index contributed by atoms with van der Waals surface area (Å²) < 4.78 is 1.85. The van der Waals surface area contributed by atoms with Gasteiger partial charge in [0.05, 0.1) is 11.8 Å². The van der Waals surface area contributed by atoms with E-state index in [4.69, 9.17) is 0 Å². The summed E-state index contributed by atoms with van der Waals surface area (Å²) >= 11 is 1.34. The van der Waals surface area contributed by atoms with Crippen molar-refractivity contribution in [1.82, 2.24) is 20.1 Å². The predicted molar refractivity (Wildman–Crippen MR) is 76.0 cm³/mol. The van der Waals surface area contributed by atoms with E-state index in [-0.39, 0.29) is 11.7 Å². The summed E-state index contributed by atoms with van der Waals surface area (Å²) in [5.41, 5.74) is -0.661. The first-order valence-corrected chi connectivity index (χ1v) is 7.76. The Kier molecular flexibility index (Phi) is 4.65. The Labute approximate surface area is 122 Å². The van der Waals surface area contributed by atoms with Crippen LogP contribution in [0.3, 0.4) is 0 Å². The molecule has 1 aromatic heterocycles. The second kappa shape index (κ2) is 6.27. The van der Waals surface area contributed by atoms with Crippen molar-refractivity contribution in [1.29, 1.82) is 5.26 Å². The summed E-state index contributed by atoms with van der Waals surface area (Å²) in [6, 6.07) is 2.29. The standard InChI is InChI=1S/C13H19N5OS/c1-10-16-17-12(18(10)2)20-8-11(19)15-13(9-14)6-4-3-5-7-13/h3-8H2,1-2H3,(H,15,19). The number of amides is 1. The first-order valence-electron chi connectivity index (χ1n) is 6.77. The van der Waals surface area contributed by atoms with Gasteiger partial charge in [0.25, 0.3) is 0 Å². The number of nitriles is 1. The molecule has 1 N–H and O–H groups in total. The van der Waals surface area contributed by atoms with E-state index in [1.165, 1.54) is 11.8 Å². The average Bonchev–Trinajstić information content (AvgIpc) is 2.77. The molecule has 0 aliphatic heterocycles. The molecule has 6 nitrogen and oxygen atoms in total. The number of carbonyl (C=O) groups excluding carboxylic acids is 1. The number of hydrogen-bond acceptors (Lipinski definition) is 5. The molecule has 108 valence electrons. The van der Waals surface area contributed by atoms with Gasteiger partial charge in [-0.3, -0.25) is 4.79 Å². The molecule has 2 rings (SSSR count). The largest absolute Gasteiger partial charge is 0.337 e. The summed E-state index contributed by atoms with van der Waals surface area (Å²) in [4.78, 5) is 12.0. The van der Waals surface area contributed by atoms with E-state index in [1.54, 1.807) is 0 Å². The fourth-order valence-electron chi connectivity index (χ4n) is 2.37. The van der Waals surface area contributed by atoms with E-state index in [9.17, 15) is 10.1 Å². The molecule has 1 aliphatic rings. The minimum Gasteiger partial charge on any atom is -0.337 e. The van der Waals surface area contributed by atoms with Gasteiger partial charge in [0, 0.05) is 7.05 Å². The molecule has 1 aromatic rings. The number of aryl methyl sites for hydroxylation is 1. The third-order valence-electron chi connectivity index (χ3n) is 3.68. The van der Waals surface area contributed by atoms with Gasteiger partial charge in [-0.25, -0.2) is 0 Å². The van der Waals surface area contributed by atoms with Gasteiger partial charge in [-0.15, -0.1) is 10.2 Å². The van der Waals surface area contributed by atoms with Crippen LogP contribution in [-0.4, -0.2) is 32.0 Å². The number of hydrogen-bond donors (Lipinski definition) is 1. The van der Waals surface area contributed by atoms with Crippen molar-refractivity contribution in [3.05, 3.63) is 5.82 Å². The maximum atomic E-state index is 12.0. The normalized spacial score (nSPS) is 17.4. The van der Waals surface area contributed by atoms with Crippen molar-refractivity contribution in [2.24, 2.45) is 7.05 Å². The molecule has 1 fully saturated rings. The summed E-state index contributed by atoms with van der Waals surface area (Å²) in [7, 11) is 1.87. The lowest BCUT2D eigenvalue weighted by Gasteiger charge is -2.31. The highest BCUT2D eigenvalue weighted by atomic mass is 32.2. The SMILES string of the molecule is Cc1nnc(SCC(=O)NC2(C#N)CCCCC2)n1C. The van der Waals surface area contributed by atoms with E-state index < -0.39 is 5.54 Å². The highest BCUT2D eigenvalue weighted by molar-refractivity contribution is 7.99. The van der Waals surface area contributed by atoms with Crippen LogP contribution < -0.4 is 5.32 Å². The van der Waals surface area contributed by atoms with Crippen molar-refractivity contribution >= 4 is 17.7 Å². The Balaban J connectivity index is 1.89. The Morgan fingerprint density at radius 3 is 2.70 bits per heavy atom. The molecule has 1 heterocycles. The quantitative estimate of drug-likeness (QED) is 0.852. The lowest BCUT2D eigenvalue weighted by atomic mass is 9.83. The summed E-state index contributed by atoms with van der Waals surface area (Å²) in [6.07, 6.45) is 4.66. The van der Waals surface area contributed by atoms with Crippen molar-refractivity contribution in [3.8, 4) is 6.07 Å². The monoisotopic (exact) mass is 293 g/mol. The minimum atomic E-state index is -0.661. The number of nitrogens with one attached hydrogen (secondary N) is 1. The number of rotatable bonds is 4. The third kappa shape index (κ3) is 3.31. The summed E-state index contributed by atoms with van der Waals surface area (Å²) in [5.74, 6) is 0.961. The molecule has 7 heteroatoms. The molecule has 1 amide bonds. The van der Waals surface area contributed by atoms with Gasteiger partial charge in [-0.2, -0.15) is 5.26 Å². The van der Waals surface area contributed by atoms with Crippen LogP contribution in [0, 0.1) is 18.3 Å². The van der Waals surface area contributed by atoms with Crippen molar-refractivity contribution in [2.45, 2.75) is 49.7 Å². The van der Waals surface area contributed by atoms with E-state index in [1.807, 2.05) is 18.5 Å². The molecule has 0 bridgehead atoms. The van der Waals surface area contributed by atoms with Crippen LogP contribution >= 0.6 is 11.8 Å². The van der Waals surface area contributed by atoms with Crippen molar-refractivity contribution in [3.63, 3.8) is 0 Å². The van der Waals surface area contributed by atoms with Crippen LogP contribution in [0.4, 0.5) is 0 Å². The molecule has 0 unspecified atom stereocenters. The number of thioether (sulfide) groups is 1. The van der Waals surface area contributed by atoms with Crippen LogP contribution in [0.1, 0.15) is 37.9 Å². The van der Waals surface area contributed by atoms with Crippen LogP contribution in [0.2, 0.25) is 0 Å². The summed E-state index contributed by atoms with van der Waals surface area (Å²) in [6.45, 7) is 1.86. The first-order chi connectivity index (χ1) is 9.56. The second-order valence-corrected chi connectivity index (χ2v) is 6.12. The minimum absolute atomic E-state index is 0.112. The van der Waals surface area contributed by atoms with Crippen molar-refractivity contribution in [2.75, 3.05) is 5.75 Å². The molecular weight excluding hydrogens is 274 g/mol. The van der Waals surface area contributed by atoms with Crippen molar-refractivity contribution < 1.29 is 4.79 Å². The fraction of sp³-hybridized carbons (Fsp3) is 0.692. The molecule has 0 atom stereocenters. The van der Waals surface area contributed by atoms with Gasteiger partial charge in [0.15, 0.2) is 5.16 Å². The number of aromatic nitrogens is 3. The topological polar surface area (TPSA) is 83.6 Å². The highest BCUT2D eigenvalue weighted by Gasteiger charge is 2.33. The molecule has 0 spiro atoms. The van der Waals surface area contributed by atoms with Gasteiger partial charge in [-0.05, 0) is 19.8 Å². The molecule has 0 radical (unpaired) electrons. The molecule has 1 saturated carbocycles. The van der Waals surface area contributed by atoms with Gasteiger partial charge in [-0.1, -0.05) is 31.0 Å². The van der Waals surface area contributed by atoms with Gasteiger partial charge < -0.3 is 9.88 Å². The highest BCUT2D eigenvalue weighted by Crippen LogP contribution is 2.27. The maximum absolute atomic E-state index is 12.0. The zero-order chi connectivity index (χ0) is 14.6. The molecule has 0 saturated heterocycles. The number of carbonyl (C=O) groups is 1. The Hall–Kier alpha value is -1.55. The van der Waals surface area contributed by atoms with Gasteiger partial charge in [0.1, 0.15) is 11.4 Å². The zero-order valence-electron chi connectivity index (χ0n) is 11.8. The third-order valence-corrected chi connectivity index (χ3v) is 4.71. The molecule has 20 heavy (non-hydrogen) atoms. The van der Waals surface area contributed by atoms with E-state index in [2.05, 4.69) is 21.6 Å². The molecular formula is C13H19N5OS. The smallest absolute Gasteiger partial charge is 0.231 e. The molecule has 0 aromatic carbocycles. The van der Waals surface area contributed by atoms with Crippen LogP contribution in [-0.2, 0) is 11.8 Å². The maximum Gasteiger partial charge on any atom is 0.231 e. The van der Waals surface area contributed by atoms with Crippen LogP contribution in [0.15, 0.2) is 5.16 Å². The Morgan fingerprint density at radius 1 is 1.45 bits per heavy atom. The second-order valence-electron chi connectivity index (χ2n) is 5.18. The first kappa shape index (κ1) is 14.9. The predicted octanol–water partition coefficient (Wildman–Crippen LogP) is 1.56.